The molecule has 0 saturated carbocycles. The van der Waals surface area contributed by atoms with Crippen LogP contribution in [0.5, 0.6) is 5.75 Å². The van der Waals surface area contributed by atoms with Crippen molar-refractivity contribution in [2.75, 3.05) is 5.32 Å². The Balaban J connectivity index is 2.36. The molecule has 2 aromatic rings. The molecule has 1 aromatic carbocycles. The van der Waals surface area contributed by atoms with Gasteiger partial charge in [-0.25, -0.2) is 0 Å². The zero-order valence-corrected chi connectivity index (χ0v) is 11.6. The van der Waals surface area contributed by atoms with E-state index in [0.717, 1.165) is 0 Å². The molecule has 1 heterocycles. The third kappa shape index (κ3) is 2.86. The fourth-order valence-electron chi connectivity index (χ4n) is 2.02. The number of nitrogens with one attached hydrogen (secondary N) is 1. The molecule has 0 fully saturated rings. The maximum Gasteiger partial charge on any atom is 0.296 e. The van der Waals surface area contributed by atoms with E-state index in [9.17, 15) is 20.0 Å². The van der Waals surface area contributed by atoms with Crippen LogP contribution in [0, 0.1) is 10.1 Å². The molecule has 1 amide bonds. The van der Waals surface area contributed by atoms with E-state index in [0.29, 0.717) is 5.69 Å². The number of nitro groups is 1. The van der Waals surface area contributed by atoms with Crippen molar-refractivity contribution in [1.82, 2.24) is 4.57 Å². The Hall–Kier alpha value is -2.83. The average molecular weight is 289 g/mol. The van der Waals surface area contributed by atoms with E-state index in [1.165, 1.54) is 18.2 Å². The molecule has 7 nitrogen and oxygen atoms in total. The van der Waals surface area contributed by atoms with Crippen LogP contribution in [-0.4, -0.2) is 20.5 Å². The maximum absolute atomic E-state index is 12.3. The summed E-state index contributed by atoms with van der Waals surface area (Å²) in [5.74, 6) is -0.862. The predicted molar refractivity (Wildman–Crippen MR) is 77.5 cm³/mol. The summed E-state index contributed by atoms with van der Waals surface area (Å²) >= 11 is 0. The van der Waals surface area contributed by atoms with Crippen LogP contribution in [0.4, 0.5) is 11.4 Å². The number of benzene rings is 1. The highest BCUT2D eigenvalue weighted by Crippen LogP contribution is 2.33. The summed E-state index contributed by atoms with van der Waals surface area (Å²) in [6.45, 7) is 3.83. The van der Waals surface area contributed by atoms with Gasteiger partial charge >= 0.3 is 0 Å². The van der Waals surface area contributed by atoms with Crippen molar-refractivity contribution in [2.45, 2.75) is 19.9 Å². The molecule has 21 heavy (non-hydrogen) atoms. The Bertz CT molecular complexity index is 691. The van der Waals surface area contributed by atoms with E-state index in [1.54, 1.807) is 22.9 Å². The van der Waals surface area contributed by atoms with Crippen LogP contribution in [0.2, 0.25) is 0 Å². The Labute approximate surface area is 121 Å². The van der Waals surface area contributed by atoms with Gasteiger partial charge in [-0.1, -0.05) is 6.07 Å². The van der Waals surface area contributed by atoms with Crippen LogP contribution in [0.15, 0.2) is 36.5 Å². The lowest BCUT2D eigenvalue weighted by molar-refractivity contribution is -0.384. The first-order chi connectivity index (χ1) is 9.91. The second kappa shape index (κ2) is 5.66. The van der Waals surface area contributed by atoms with Gasteiger partial charge in [0.15, 0.2) is 5.69 Å². The van der Waals surface area contributed by atoms with Gasteiger partial charge in [-0.3, -0.25) is 14.9 Å². The van der Waals surface area contributed by atoms with Gasteiger partial charge in [0.1, 0.15) is 11.4 Å². The smallest absolute Gasteiger partial charge is 0.296 e. The first kappa shape index (κ1) is 14.6. The highest BCUT2D eigenvalue weighted by atomic mass is 16.6. The molecule has 0 atom stereocenters. The molecule has 0 bridgehead atoms. The zero-order chi connectivity index (χ0) is 15.6. The predicted octanol–water partition coefficient (Wildman–Crippen LogP) is 2.94. The number of nitrogens with zero attached hydrogens (tertiary/aromatic N) is 2. The van der Waals surface area contributed by atoms with E-state index >= 15 is 0 Å². The minimum Gasteiger partial charge on any atom is -0.505 e. The molecule has 7 heteroatoms. The van der Waals surface area contributed by atoms with Crippen LogP contribution >= 0.6 is 0 Å². The van der Waals surface area contributed by atoms with Crippen molar-refractivity contribution in [1.29, 1.82) is 0 Å². The molecule has 110 valence electrons. The fraction of sp³-hybridized carbons (Fsp3) is 0.214. The van der Waals surface area contributed by atoms with Crippen LogP contribution in [0.25, 0.3) is 0 Å². The number of aromatic nitrogens is 1. The van der Waals surface area contributed by atoms with Crippen molar-refractivity contribution in [3.63, 3.8) is 0 Å². The summed E-state index contributed by atoms with van der Waals surface area (Å²) in [7, 11) is 0. The summed E-state index contributed by atoms with van der Waals surface area (Å²) in [6.07, 6.45) is 1.75. The van der Waals surface area contributed by atoms with Gasteiger partial charge in [-0.05, 0) is 32.0 Å². The van der Waals surface area contributed by atoms with E-state index in [-0.39, 0.29) is 23.2 Å². The first-order valence-electron chi connectivity index (χ1n) is 6.36. The Kier molecular flexibility index (Phi) is 3.93. The van der Waals surface area contributed by atoms with Crippen molar-refractivity contribution in [2.24, 2.45) is 0 Å². The Morgan fingerprint density at radius 3 is 2.67 bits per heavy atom. The van der Waals surface area contributed by atoms with Gasteiger partial charge in [0.2, 0.25) is 0 Å². The number of aromatic hydroxyl groups is 1. The van der Waals surface area contributed by atoms with E-state index in [2.05, 4.69) is 5.32 Å². The van der Waals surface area contributed by atoms with E-state index < -0.39 is 10.8 Å². The van der Waals surface area contributed by atoms with Gasteiger partial charge in [-0.15, -0.1) is 0 Å². The minimum absolute atomic E-state index is 0.0695. The van der Waals surface area contributed by atoms with E-state index in [4.69, 9.17) is 0 Å². The van der Waals surface area contributed by atoms with E-state index in [1.807, 2.05) is 13.8 Å². The maximum atomic E-state index is 12.3. The summed E-state index contributed by atoms with van der Waals surface area (Å²) in [4.78, 5) is 22.6. The molecule has 0 aliphatic rings. The number of carbonyl (C=O) groups excluding carboxylic acids is 1. The number of hydrogen-bond donors (Lipinski definition) is 2. The summed E-state index contributed by atoms with van der Waals surface area (Å²) in [5.41, 5.74) is -0.197. The van der Waals surface area contributed by atoms with Gasteiger partial charge in [-0.2, -0.15) is 0 Å². The molecule has 0 aliphatic carbocycles. The highest BCUT2D eigenvalue weighted by molar-refractivity contribution is 6.05. The second-order valence-corrected chi connectivity index (χ2v) is 4.78. The van der Waals surface area contributed by atoms with Crippen molar-refractivity contribution < 1.29 is 14.8 Å². The van der Waals surface area contributed by atoms with Gasteiger partial charge in [0.05, 0.1) is 4.92 Å². The average Bonchev–Trinajstić information content (AvgIpc) is 2.90. The molecule has 0 unspecified atom stereocenters. The van der Waals surface area contributed by atoms with Crippen molar-refractivity contribution in [3.8, 4) is 5.75 Å². The SMILES string of the molecule is CC(C)n1cccc1C(=O)Nc1c(O)cccc1[N+](=O)[O-]. The summed E-state index contributed by atoms with van der Waals surface area (Å²) < 4.78 is 1.74. The molecule has 0 saturated heterocycles. The monoisotopic (exact) mass is 289 g/mol. The minimum atomic E-state index is -0.656. The van der Waals surface area contributed by atoms with Gasteiger partial charge < -0.3 is 15.0 Å². The van der Waals surface area contributed by atoms with Crippen molar-refractivity contribution >= 4 is 17.3 Å². The van der Waals surface area contributed by atoms with Gasteiger partial charge in [0, 0.05) is 18.3 Å². The molecule has 1 aromatic heterocycles. The second-order valence-electron chi connectivity index (χ2n) is 4.78. The number of phenols is 1. The zero-order valence-electron chi connectivity index (χ0n) is 11.6. The third-order valence-corrected chi connectivity index (χ3v) is 3.02. The normalized spacial score (nSPS) is 10.6. The van der Waals surface area contributed by atoms with Gasteiger partial charge in [0.25, 0.3) is 11.6 Å². The number of amides is 1. The van der Waals surface area contributed by atoms with Crippen LogP contribution < -0.4 is 5.32 Å². The lowest BCUT2D eigenvalue weighted by atomic mass is 10.2. The molecular formula is C14H15N3O4. The number of para-hydroxylation sites is 1. The molecule has 0 aliphatic heterocycles. The lowest BCUT2D eigenvalue weighted by Crippen LogP contribution is -2.18. The van der Waals surface area contributed by atoms with Crippen molar-refractivity contribution in [3.05, 3.63) is 52.3 Å². The number of phenolic OH excluding ortho intramolecular Hbond substituents is 1. The largest absolute Gasteiger partial charge is 0.505 e. The van der Waals surface area contributed by atoms with Crippen LogP contribution in [0.3, 0.4) is 0 Å². The summed E-state index contributed by atoms with van der Waals surface area (Å²) in [5, 5.41) is 23.1. The molecule has 2 N–H and O–H groups in total. The number of nitro benzene ring substituents is 1. The standard InChI is InChI=1S/C14H15N3O4/c1-9(2)16-8-4-6-11(16)14(19)15-13-10(17(20)21)5-3-7-12(13)18/h3-9,18H,1-2H3,(H,15,19). The quantitative estimate of drug-likeness (QED) is 0.513. The Morgan fingerprint density at radius 1 is 1.33 bits per heavy atom. The fourth-order valence-corrected chi connectivity index (χ4v) is 2.02. The topological polar surface area (TPSA) is 97.4 Å². The number of hydrogen-bond acceptors (Lipinski definition) is 4. The number of anilines is 1. The molecule has 2 rings (SSSR count). The number of rotatable bonds is 4. The molecule has 0 radical (unpaired) electrons. The lowest BCUT2D eigenvalue weighted by Gasteiger charge is -2.13. The third-order valence-electron chi connectivity index (χ3n) is 3.02. The molecular weight excluding hydrogens is 274 g/mol. The molecule has 0 spiro atoms. The number of carbonyl (C=O) groups is 1. The Morgan fingerprint density at radius 2 is 2.05 bits per heavy atom. The van der Waals surface area contributed by atoms with Crippen LogP contribution in [-0.2, 0) is 0 Å². The first-order valence-corrected chi connectivity index (χ1v) is 6.36. The summed E-state index contributed by atoms with van der Waals surface area (Å²) in [6, 6.07) is 7.25. The van der Waals surface area contributed by atoms with Crippen LogP contribution in [0.1, 0.15) is 30.4 Å². The highest BCUT2D eigenvalue weighted by Gasteiger charge is 2.21.